The minimum atomic E-state index is -0.215. The van der Waals surface area contributed by atoms with Crippen molar-refractivity contribution in [3.8, 4) is 22.6 Å². The van der Waals surface area contributed by atoms with Crippen LogP contribution < -0.4 is 25.4 Å². The molecule has 3 N–H and O–H groups in total. The summed E-state index contributed by atoms with van der Waals surface area (Å²) in [7, 11) is 3.14. The van der Waals surface area contributed by atoms with Crippen molar-refractivity contribution in [3.63, 3.8) is 0 Å². The predicted octanol–water partition coefficient (Wildman–Crippen LogP) is 5.95. The molecule has 8 heteroatoms. The number of hydrogen-bond donors (Lipinski definition) is 2. The van der Waals surface area contributed by atoms with E-state index in [0.29, 0.717) is 42.6 Å². The number of benzene rings is 3. The minimum Gasteiger partial charge on any atom is -0.493 e. The van der Waals surface area contributed by atoms with Gasteiger partial charge in [0.2, 0.25) is 5.91 Å². The number of nitrogens with zero attached hydrogens (tertiary/aromatic N) is 2. The number of nitrogens with two attached hydrogens (primary N) is 1. The number of piperidine rings is 1. The maximum absolute atomic E-state index is 13.5. The largest absolute Gasteiger partial charge is 0.493 e. The van der Waals surface area contributed by atoms with Gasteiger partial charge in [-0.25, -0.2) is 0 Å². The van der Waals surface area contributed by atoms with Gasteiger partial charge in [-0.2, -0.15) is 0 Å². The number of ether oxygens (including phenoxy) is 2. The average molecular weight is 585 g/mol. The number of methoxy groups -OCH3 is 2. The monoisotopic (exact) mass is 584 g/mol. The lowest BCUT2D eigenvalue weighted by atomic mass is 9.97. The molecule has 2 aliphatic rings. The van der Waals surface area contributed by atoms with Crippen molar-refractivity contribution in [1.29, 1.82) is 0 Å². The van der Waals surface area contributed by atoms with E-state index in [1.165, 1.54) is 0 Å². The van der Waals surface area contributed by atoms with Gasteiger partial charge in [0.25, 0.3) is 5.91 Å². The van der Waals surface area contributed by atoms with E-state index in [2.05, 4.69) is 53.5 Å². The number of amides is 2. The first-order chi connectivity index (χ1) is 20.9. The van der Waals surface area contributed by atoms with Gasteiger partial charge in [-0.05, 0) is 97.7 Å². The fraction of sp³-hybridized carbons (Fsp3) is 0.429. The van der Waals surface area contributed by atoms with Crippen LogP contribution in [0.5, 0.6) is 11.5 Å². The highest BCUT2D eigenvalue weighted by Crippen LogP contribution is 2.36. The predicted molar refractivity (Wildman–Crippen MR) is 172 cm³/mol. The Hall–Kier alpha value is -4.04. The Morgan fingerprint density at radius 2 is 1.67 bits per heavy atom. The third kappa shape index (κ3) is 7.49. The molecule has 2 amide bonds. The lowest BCUT2D eigenvalue weighted by Crippen LogP contribution is -2.33. The Morgan fingerprint density at radius 1 is 0.930 bits per heavy atom. The third-order valence-electron chi connectivity index (χ3n) is 8.52. The van der Waals surface area contributed by atoms with Crippen LogP contribution >= 0.6 is 0 Å². The van der Waals surface area contributed by atoms with Gasteiger partial charge in [0, 0.05) is 37.7 Å². The van der Waals surface area contributed by atoms with Crippen LogP contribution in [0.15, 0.2) is 60.7 Å². The molecule has 8 nitrogen and oxygen atoms in total. The van der Waals surface area contributed by atoms with Gasteiger partial charge in [0.15, 0.2) is 11.5 Å². The molecule has 1 saturated heterocycles. The van der Waals surface area contributed by atoms with Crippen LogP contribution in [0.1, 0.15) is 54.9 Å². The van der Waals surface area contributed by atoms with Crippen LogP contribution in [0.4, 0.5) is 11.4 Å². The van der Waals surface area contributed by atoms with E-state index < -0.39 is 0 Å². The van der Waals surface area contributed by atoms with Crippen molar-refractivity contribution in [2.24, 2.45) is 17.6 Å². The lowest BCUT2D eigenvalue weighted by Gasteiger charge is -2.33. The van der Waals surface area contributed by atoms with Crippen molar-refractivity contribution < 1.29 is 19.1 Å². The van der Waals surface area contributed by atoms with Crippen LogP contribution in [0, 0.1) is 11.8 Å². The quantitative estimate of drug-likeness (QED) is 0.273. The zero-order valence-electron chi connectivity index (χ0n) is 25.6. The Balaban J connectivity index is 1.43. The molecule has 0 unspecified atom stereocenters. The van der Waals surface area contributed by atoms with E-state index in [0.717, 1.165) is 73.3 Å². The van der Waals surface area contributed by atoms with E-state index in [9.17, 15) is 9.59 Å². The molecule has 3 aromatic carbocycles. The van der Waals surface area contributed by atoms with Gasteiger partial charge in [-0.3, -0.25) is 9.59 Å². The van der Waals surface area contributed by atoms with E-state index in [1.807, 2.05) is 11.0 Å². The minimum absolute atomic E-state index is 0.170. The van der Waals surface area contributed by atoms with Crippen molar-refractivity contribution in [1.82, 2.24) is 4.90 Å². The zero-order chi connectivity index (χ0) is 30.3. The number of nitrogens with one attached hydrogen (secondary N) is 1. The SMILES string of the molecule is COc1ccc(C(=O)Nc2cc(-c3cccc(CN(CCCN)C(=O)C4CC4)c3)ccc2N2CCC(C)CC2)cc1OC. The van der Waals surface area contributed by atoms with Crippen LogP contribution in [0.25, 0.3) is 11.1 Å². The normalized spacial score (nSPS) is 15.2. The maximum Gasteiger partial charge on any atom is 0.255 e. The number of hydrogen-bond acceptors (Lipinski definition) is 6. The smallest absolute Gasteiger partial charge is 0.255 e. The third-order valence-corrected chi connectivity index (χ3v) is 8.52. The first-order valence-corrected chi connectivity index (χ1v) is 15.4. The molecule has 0 atom stereocenters. The fourth-order valence-electron chi connectivity index (χ4n) is 5.72. The van der Waals surface area contributed by atoms with E-state index >= 15 is 0 Å². The molecule has 5 rings (SSSR count). The second-order valence-corrected chi connectivity index (χ2v) is 11.8. The van der Waals surface area contributed by atoms with Gasteiger partial charge < -0.3 is 30.3 Å². The summed E-state index contributed by atoms with van der Waals surface area (Å²) in [5, 5.41) is 3.20. The molecular weight excluding hydrogens is 540 g/mol. The van der Waals surface area contributed by atoms with E-state index in [4.69, 9.17) is 15.2 Å². The molecule has 1 heterocycles. The first-order valence-electron chi connectivity index (χ1n) is 15.4. The summed E-state index contributed by atoms with van der Waals surface area (Å²) in [5.74, 6) is 1.96. The van der Waals surface area contributed by atoms with Gasteiger partial charge in [0.1, 0.15) is 0 Å². The van der Waals surface area contributed by atoms with Crippen molar-refractivity contribution in [2.45, 2.75) is 45.6 Å². The highest BCUT2D eigenvalue weighted by Gasteiger charge is 2.33. The summed E-state index contributed by atoms with van der Waals surface area (Å²) in [6.45, 7) is 5.99. The molecule has 0 bridgehead atoms. The van der Waals surface area contributed by atoms with Gasteiger partial charge in [0.05, 0.1) is 25.6 Å². The molecule has 1 saturated carbocycles. The Labute approximate surface area is 255 Å². The second-order valence-electron chi connectivity index (χ2n) is 11.8. The van der Waals surface area contributed by atoms with Crippen molar-refractivity contribution in [3.05, 3.63) is 71.8 Å². The van der Waals surface area contributed by atoms with Crippen LogP contribution in [-0.4, -0.2) is 57.1 Å². The van der Waals surface area contributed by atoms with Gasteiger partial charge in [-0.15, -0.1) is 0 Å². The Kier molecular flexibility index (Phi) is 9.87. The first kappa shape index (κ1) is 30.4. The number of rotatable bonds is 12. The molecule has 0 radical (unpaired) electrons. The van der Waals surface area contributed by atoms with Crippen molar-refractivity contribution >= 4 is 23.2 Å². The van der Waals surface area contributed by atoms with Crippen LogP contribution in [-0.2, 0) is 11.3 Å². The summed E-state index contributed by atoms with van der Waals surface area (Å²) in [6, 6.07) is 19.8. The number of carbonyl (C=O) groups is 2. The fourth-order valence-corrected chi connectivity index (χ4v) is 5.72. The molecule has 0 aromatic heterocycles. The highest BCUT2D eigenvalue weighted by molar-refractivity contribution is 6.06. The standard InChI is InChI=1S/C35H44N4O4/c1-24-14-18-38(19-15-24)31-12-10-28(21-30(31)37-34(40)29-11-13-32(42-2)33(22-29)43-3)27-7-4-6-25(20-27)23-39(17-5-16-36)35(41)26-8-9-26/h4,6-7,10-13,20-22,24,26H,5,8-9,14-19,23,36H2,1-3H3,(H,37,40). The summed E-state index contributed by atoms with van der Waals surface area (Å²) < 4.78 is 10.8. The molecule has 228 valence electrons. The van der Waals surface area contributed by atoms with E-state index in [-0.39, 0.29) is 17.7 Å². The van der Waals surface area contributed by atoms with Crippen LogP contribution in [0.2, 0.25) is 0 Å². The Bertz CT molecular complexity index is 1430. The topological polar surface area (TPSA) is 97.1 Å². The lowest BCUT2D eigenvalue weighted by molar-refractivity contribution is -0.133. The molecule has 1 aliphatic carbocycles. The molecule has 2 fully saturated rings. The molecule has 0 spiro atoms. The second kappa shape index (κ2) is 14.0. The Morgan fingerprint density at radius 3 is 2.37 bits per heavy atom. The average Bonchev–Trinajstić information content (AvgIpc) is 3.89. The van der Waals surface area contributed by atoms with Crippen LogP contribution in [0.3, 0.4) is 0 Å². The summed E-state index contributed by atoms with van der Waals surface area (Å²) >= 11 is 0. The maximum atomic E-state index is 13.5. The highest BCUT2D eigenvalue weighted by atomic mass is 16.5. The van der Waals surface area contributed by atoms with Crippen molar-refractivity contribution in [2.75, 3.05) is 50.6 Å². The van der Waals surface area contributed by atoms with E-state index in [1.54, 1.807) is 32.4 Å². The molecule has 1 aliphatic heterocycles. The summed E-state index contributed by atoms with van der Waals surface area (Å²) in [4.78, 5) is 30.8. The molecular formula is C35H44N4O4. The molecule has 43 heavy (non-hydrogen) atoms. The molecule has 3 aromatic rings. The number of anilines is 2. The van der Waals surface area contributed by atoms with Gasteiger partial charge in [-0.1, -0.05) is 31.2 Å². The zero-order valence-corrected chi connectivity index (χ0v) is 25.6. The van der Waals surface area contributed by atoms with Gasteiger partial charge >= 0.3 is 0 Å². The summed E-state index contributed by atoms with van der Waals surface area (Å²) in [5.41, 5.74) is 11.2. The summed E-state index contributed by atoms with van der Waals surface area (Å²) in [6.07, 6.45) is 4.99. The number of carbonyl (C=O) groups excluding carboxylic acids is 2.